The van der Waals surface area contributed by atoms with Crippen LogP contribution in [0.15, 0.2) is 54.6 Å². The molecule has 2 aliphatic heterocycles. The van der Waals surface area contributed by atoms with E-state index < -0.39 is 5.54 Å². The Morgan fingerprint density at radius 3 is 2.63 bits per heavy atom. The number of morpholine rings is 1. The summed E-state index contributed by atoms with van der Waals surface area (Å²) < 4.78 is 12.9. The second kappa shape index (κ2) is 9.71. The van der Waals surface area contributed by atoms with Crippen molar-refractivity contribution in [2.45, 2.75) is 25.6 Å². The van der Waals surface area contributed by atoms with Crippen LogP contribution in [0, 0.1) is 0 Å². The summed E-state index contributed by atoms with van der Waals surface area (Å²) in [4.78, 5) is 31.6. The zero-order chi connectivity index (χ0) is 24.4. The number of hydrogen-bond acceptors (Lipinski definition) is 5. The molecule has 2 aliphatic rings. The second-order valence-corrected chi connectivity index (χ2v) is 9.35. The van der Waals surface area contributed by atoms with Crippen molar-refractivity contribution in [1.82, 2.24) is 19.7 Å². The molecule has 8 nitrogen and oxygen atoms in total. The second-order valence-electron chi connectivity index (χ2n) is 9.35. The van der Waals surface area contributed by atoms with Crippen LogP contribution >= 0.6 is 0 Å². The SMILES string of the molecule is COc1ccccc1CNC(=O)C1(C)Cn2c(cc3ccccc32)C(=O)N1CCN1CCOCC1. The van der Waals surface area contributed by atoms with Gasteiger partial charge in [-0.3, -0.25) is 14.5 Å². The average Bonchev–Trinajstić information content (AvgIpc) is 3.26. The Balaban J connectivity index is 1.44. The number of rotatable bonds is 7. The van der Waals surface area contributed by atoms with Crippen LogP contribution in [0.5, 0.6) is 5.75 Å². The van der Waals surface area contributed by atoms with E-state index in [9.17, 15) is 9.59 Å². The van der Waals surface area contributed by atoms with E-state index in [1.54, 1.807) is 12.0 Å². The number of fused-ring (bicyclic) bond motifs is 3. The zero-order valence-electron chi connectivity index (χ0n) is 20.3. The maximum Gasteiger partial charge on any atom is 0.271 e. The number of hydrogen-bond donors (Lipinski definition) is 1. The minimum Gasteiger partial charge on any atom is -0.496 e. The van der Waals surface area contributed by atoms with Crippen molar-refractivity contribution < 1.29 is 19.1 Å². The van der Waals surface area contributed by atoms with Crippen molar-refractivity contribution in [3.05, 3.63) is 65.9 Å². The molecule has 2 aromatic carbocycles. The van der Waals surface area contributed by atoms with Crippen LogP contribution in [0.3, 0.4) is 0 Å². The fraction of sp³-hybridized carbons (Fsp3) is 0.407. The summed E-state index contributed by atoms with van der Waals surface area (Å²) in [6.45, 7) is 6.81. The topological polar surface area (TPSA) is 76.0 Å². The van der Waals surface area contributed by atoms with Crippen molar-refractivity contribution in [2.75, 3.05) is 46.5 Å². The van der Waals surface area contributed by atoms with Gasteiger partial charge in [-0.2, -0.15) is 0 Å². The predicted molar refractivity (Wildman–Crippen MR) is 133 cm³/mol. The summed E-state index contributed by atoms with van der Waals surface area (Å²) in [6, 6.07) is 17.5. The Morgan fingerprint density at radius 2 is 1.83 bits per heavy atom. The summed E-state index contributed by atoms with van der Waals surface area (Å²) >= 11 is 0. The highest BCUT2D eigenvalue weighted by atomic mass is 16.5. The molecular weight excluding hydrogens is 444 g/mol. The largest absolute Gasteiger partial charge is 0.496 e. The van der Waals surface area contributed by atoms with Gasteiger partial charge in [0.25, 0.3) is 5.91 Å². The Bertz CT molecular complexity index is 1230. The monoisotopic (exact) mass is 476 g/mol. The molecular formula is C27H32N4O4. The molecule has 2 amide bonds. The van der Waals surface area contributed by atoms with Crippen molar-refractivity contribution in [3.8, 4) is 5.75 Å². The minimum atomic E-state index is -1.04. The lowest BCUT2D eigenvalue weighted by atomic mass is 9.94. The number of carbonyl (C=O) groups excluding carboxylic acids is 2. The van der Waals surface area contributed by atoms with Gasteiger partial charge in [0.05, 0.1) is 26.9 Å². The van der Waals surface area contributed by atoms with Crippen LogP contribution in [-0.2, 0) is 22.6 Å². The highest BCUT2D eigenvalue weighted by molar-refractivity contribution is 6.03. The van der Waals surface area contributed by atoms with Crippen LogP contribution in [0.2, 0.25) is 0 Å². The van der Waals surface area contributed by atoms with Gasteiger partial charge in [-0.15, -0.1) is 0 Å². The van der Waals surface area contributed by atoms with Gasteiger partial charge in [0.1, 0.15) is 17.0 Å². The Morgan fingerprint density at radius 1 is 1.09 bits per heavy atom. The van der Waals surface area contributed by atoms with Crippen LogP contribution in [0.1, 0.15) is 23.0 Å². The molecule has 0 spiro atoms. The van der Waals surface area contributed by atoms with E-state index in [1.165, 1.54) is 0 Å². The third-order valence-corrected chi connectivity index (χ3v) is 7.20. The molecule has 1 fully saturated rings. The summed E-state index contributed by atoms with van der Waals surface area (Å²) in [7, 11) is 1.62. The van der Waals surface area contributed by atoms with E-state index in [1.807, 2.05) is 66.1 Å². The maximum atomic E-state index is 13.8. The van der Waals surface area contributed by atoms with Crippen molar-refractivity contribution in [2.24, 2.45) is 0 Å². The summed E-state index contributed by atoms with van der Waals surface area (Å²) in [5, 5.41) is 4.09. The van der Waals surface area contributed by atoms with E-state index in [-0.39, 0.29) is 11.8 Å². The molecule has 0 bridgehead atoms. The molecule has 1 aromatic heterocycles. The van der Waals surface area contributed by atoms with Crippen molar-refractivity contribution in [3.63, 3.8) is 0 Å². The number of aromatic nitrogens is 1. The molecule has 1 unspecified atom stereocenters. The lowest BCUT2D eigenvalue weighted by molar-refractivity contribution is -0.133. The number of para-hydroxylation sites is 2. The Labute approximate surface area is 205 Å². The molecule has 0 saturated carbocycles. The predicted octanol–water partition coefficient (Wildman–Crippen LogP) is 2.51. The molecule has 3 aromatic rings. The molecule has 184 valence electrons. The third kappa shape index (κ3) is 4.39. The van der Waals surface area contributed by atoms with Crippen LogP contribution in [0.4, 0.5) is 0 Å². The fourth-order valence-electron chi connectivity index (χ4n) is 5.14. The summed E-state index contributed by atoms with van der Waals surface area (Å²) in [6.07, 6.45) is 0. The van der Waals surface area contributed by atoms with Gasteiger partial charge in [-0.1, -0.05) is 36.4 Å². The first-order chi connectivity index (χ1) is 17.0. The highest BCUT2D eigenvalue weighted by Gasteiger charge is 2.47. The van der Waals surface area contributed by atoms with Gasteiger partial charge < -0.3 is 24.3 Å². The Kier molecular flexibility index (Phi) is 6.49. The lowest BCUT2D eigenvalue weighted by Crippen LogP contribution is -2.65. The zero-order valence-corrected chi connectivity index (χ0v) is 20.3. The summed E-state index contributed by atoms with van der Waals surface area (Å²) in [5.74, 6) is 0.429. The number of amides is 2. The number of nitrogens with zero attached hydrogens (tertiary/aromatic N) is 3. The minimum absolute atomic E-state index is 0.115. The van der Waals surface area contributed by atoms with E-state index in [0.717, 1.165) is 35.3 Å². The molecule has 1 saturated heterocycles. The van der Waals surface area contributed by atoms with Gasteiger partial charge in [0, 0.05) is 49.2 Å². The number of methoxy groups -OCH3 is 1. The van der Waals surface area contributed by atoms with E-state index >= 15 is 0 Å². The Hall–Kier alpha value is -3.36. The van der Waals surface area contributed by atoms with Gasteiger partial charge >= 0.3 is 0 Å². The first-order valence-corrected chi connectivity index (χ1v) is 12.1. The quantitative estimate of drug-likeness (QED) is 0.567. The van der Waals surface area contributed by atoms with Crippen molar-refractivity contribution in [1.29, 1.82) is 0 Å². The fourth-order valence-corrected chi connectivity index (χ4v) is 5.14. The van der Waals surface area contributed by atoms with Gasteiger partial charge in [0.15, 0.2) is 0 Å². The number of benzene rings is 2. The maximum absolute atomic E-state index is 13.8. The molecule has 5 rings (SSSR count). The van der Waals surface area contributed by atoms with E-state index in [2.05, 4.69) is 10.2 Å². The van der Waals surface area contributed by atoms with Crippen LogP contribution in [0.25, 0.3) is 10.9 Å². The van der Waals surface area contributed by atoms with Gasteiger partial charge in [0.2, 0.25) is 5.91 Å². The normalized spacial score (nSPS) is 20.6. The molecule has 1 N–H and O–H groups in total. The number of nitrogens with one attached hydrogen (secondary N) is 1. The average molecular weight is 477 g/mol. The third-order valence-electron chi connectivity index (χ3n) is 7.20. The van der Waals surface area contributed by atoms with Gasteiger partial charge in [-0.05, 0) is 25.1 Å². The molecule has 0 radical (unpaired) electrons. The number of carbonyl (C=O) groups is 2. The van der Waals surface area contributed by atoms with Crippen molar-refractivity contribution >= 4 is 22.7 Å². The first kappa shape index (κ1) is 23.4. The van der Waals surface area contributed by atoms with Crippen LogP contribution < -0.4 is 10.1 Å². The smallest absolute Gasteiger partial charge is 0.271 e. The van der Waals surface area contributed by atoms with Gasteiger partial charge in [-0.25, -0.2) is 0 Å². The van der Waals surface area contributed by atoms with Crippen LogP contribution in [-0.4, -0.2) is 78.2 Å². The van der Waals surface area contributed by atoms with E-state index in [4.69, 9.17) is 9.47 Å². The first-order valence-electron chi connectivity index (χ1n) is 12.1. The molecule has 8 heteroatoms. The molecule has 1 atom stereocenters. The highest BCUT2D eigenvalue weighted by Crippen LogP contribution is 2.32. The standard InChI is InChI=1S/C27H32N4O4/c1-27(26(33)28-18-21-8-4-6-10-24(21)34-2)19-30-22-9-5-3-7-20(22)17-23(30)25(32)31(27)12-11-29-13-15-35-16-14-29/h3-10,17H,11-16,18-19H2,1-2H3,(H,28,33). The molecule has 0 aliphatic carbocycles. The molecule has 3 heterocycles. The summed E-state index contributed by atoms with van der Waals surface area (Å²) in [5.41, 5.74) is 1.44. The molecule has 35 heavy (non-hydrogen) atoms. The lowest BCUT2D eigenvalue weighted by Gasteiger charge is -2.45. The number of ether oxygens (including phenoxy) is 2. The van der Waals surface area contributed by atoms with E-state index in [0.29, 0.717) is 45.1 Å².